The number of rotatable bonds is 3. The van der Waals surface area contributed by atoms with Gasteiger partial charge < -0.3 is 10.2 Å². The Balaban J connectivity index is 2.57. The third-order valence-corrected chi connectivity index (χ3v) is 2.16. The molecular weight excluding hydrogens is 212 g/mol. The smallest absolute Gasteiger partial charge is 0.270 e. The third-order valence-electron chi connectivity index (χ3n) is 2.16. The number of nitrogens with one attached hydrogen (secondary N) is 2. The molecule has 7 heteroatoms. The monoisotopic (exact) mass is 226 g/mol. The van der Waals surface area contributed by atoms with Crippen LogP contribution in [-0.4, -0.2) is 49.0 Å². The Morgan fingerprint density at radius 3 is 2.69 bits per heavy atom. The van der Waals surface area contributed by atoms with Gasteiger partial charge in [-0.1, -0.05) is 0 Å². The van der Waals surface area contributed by atoms with E-state index in [1.54, 1.807) is 0 Å². The fourth-order valence-corrected chi connectivity index (χ4v) is 1.21. The van der Waals surface area contributed by atoms with E-state index in [1.807, 2.05) is 0 Å². The molecule has 7 nitrogen and oxygen atoms in total. The highest BCUT2D eigenvalue weighted by atomic mass is 16.2. The van der Waals surface area contributed by atoms with Gasteiger partial charge in [0.2, 0.25) is 11.8 Å². The number of carbonyl (C=O) groups is 3. The first-order chi connectivity index (χ1) is 7.54. The van der Waals surface area contributed by atoms with Crippen LogP contribution < -0.4 is 10.7 Å². The van der Waals surface area contributed by atoms with Crippen molar-refractivity contribution in [2.75, 3.05) is 20.6 Å². The molecule has 1 heterocycles. The van der Waals surface area contributed by atoms with Gasteiger partial charge in [0.1, 0.15) is 5.71 Å². The van der Waals surface area contributed by atoms with E-state index in [1.165, 1.54) is 19.0 Å². The number of hydrazone groups is 1. The Morgan fingerprint density at radius 2 is 2.19 bits per heavy atom. The zero-order valence-corrected chi connectivity index (χ0v) is 9.24. The van der Waals surface area contributed by atoms with E-state index in [9.17, 15) is 14.4 Å². The molecule has 0 spiro atoms. The summed E-state index contributed by atoms with van der Waals surface area (Å²) in [4.78, 5) is 34.8. The Kier molecular flexibility index (Phi) is 3.98. The molecule has 0 aromatic heterocycles. The number of amides is 3. The molecule has 0 atom stereocenters. The van der Waals surface area contributed by atoms with E-state index in [4.69, 9.17) is 0 Å². The number of nitrogens with zero attached hydrogens (tertiary/aromatic N) is 2. The van der Waals surface area contributed by atoms with Gasteiger partial charge in [-0.25, -0.2) is 5.43 Å². The first-order valence-corrected chi connectivity index (χ1v) is 4.86. The molecule has 0 aromatic carbocycles. The normalized spacial score (nSPS) is 14.9. The van der Waals surface area contributed by atoms with Crippen molar-refractivity contribution >= 4 is 23.4 Å². The summed E-state index contributed by atoms with van der Waals surface area (Å²) in [6.07, 6.45) is 0.557. The summed E-state index contributed by atoms with van der Waals surface area (Å²) in [5.41, 5.74) is 2.51. The molecule has 0 saturated carbocycles. The molecule has 0 unspecified atom stereocenters. The summed E-state index contributed by atoms with van der Waals surface area (Å²) in [6, 6.07) is 0. The molecule has 1 aliphatic heterocycles. The molecule has 0 fully saturated rings. The summed E-state index contributed by atoms with van der Waals surface area (Å²) in [5, 5.41) is 6.08. The summed E-state index contributed by atoms with van der Waals surface area (Å²) < 4.78 is 0. The minimum absolute atomic E-state index is 0.0255. The maximum atomic E-state index is 11.7. The quantitative estimate of drug-likeness (QED) is 0.610. The van der Waals surface area contributed by atoms with Crippen LogP contribution in [0.4, 0.5) is 0 Å². The van der Waals surface area contributed by atoms with Gasteiger partial charge in [0.25, 0.3) is 5.91 Å². The van der Waals surface area contributed by atoms with Crippen molar-refractivity contribution in [3.63, 3.8) is 0 Å². The van der Waals surface area contributed by atoms with Crippen LogP contribution in [-0.2, 0) is 14.4 Å². The van der Waals surface area contributed by atoms with Gasteiger partial charge in [0.05, 0.1) is 6.54 Å². The third kappa shape index (κ3) is 3.04. The second-order valence-corrected chi connectivity index (χ2v) is 3.43. The molecule has 3 amide bonds. The first-order valence-electron chi connectivity index (χ1n) is 4.86. The van der Waals surface area contributed by atoms with E-state index in [0.29, 0.717) is 6.42 Å². The van der Waals surface area contributed by atoms with Gasteiger partial charge in [-0.05, 0) is 0 Å². The SMILES string of the molecule is CNC(=O)CN(C)C(=O)C1=NNC(=O)CC1. The van der Waals surface area contributed by atoms with Crippen LogP contribution in [0.15, 0.2) is 5.10 Å². The van der Waals surface area contributed by atoms with E-state index in [-0.39, 0.29) is 36.4 Å². The Labute approximate surface area is 92.9 Å². The molecule has 1 rings (SSSR count). The van der Waals surface area contributed by atoms with Crippen LogP contribution in [0.2, 0.25) is 0 Å². The summed E-state index contributed by atoms with van der Waals surface area (Å²) >= 11 is 0. The predicted octanol–water partition coefficient (Wildman–Crippen LogP) is -1.54. The highest BCUT2D eigenvalue weighted by Crippen LogP contribution is 2.02. The maximum absolute atomic E-state index is 11.7. The number of carbonyl (C=O) groups excluding carboxylic acids is 3. The zero-order valence-electron chi connectivity index (χ0n) is 9.24. The first kappa shape index (κ1) is 12.2. The van der Waals surface area contributed by atoms with Crippen LogP contribution in [0.1, 0.15) is 12.8 Å². The van der Waals surface area contributed by atoms with Crippen LogP contribution in [0.5, 0.6) is 0 Å². The fourth-order valence-electron chi connectivity index (χ4n) is 1.21. The second-order valence-electron chi connectivity index (χ2n) is 3.43. The largest absolute Gasteiger partial charge is 0.358 e. The van der Waals surface area contributed by atoms with Gasteiger partial charge in [-0.15, -0.1) is 0 Å². The molecule has 0 aromatic rings. The Hall–Kier alpha value is -1.92. The van der Waals surface area contributed by atoms with E-state index < -0.39 is 0 Å². The van der Waals surface area contributed by atoms with E-state index in [2.05, 4.69) is 15.8 Å². The van der Waals surface area contributed by atoms with Crippen molar-refractivity contribution in [1.82, 2.24) is 15.6 Å². The van der Waals surface area contributed by atoms with Crippen molar-refractivity contribution in [1.29, 1.82) is 0 Å². The van der Waals surface area contributed by atoms with Crippen molar-refractivity contribution in [3.05, 3.63) is 0 Å². The number of hydrogen-bond donors (Lipinski definition) is 2. The molecular formula is C9H14N4O3. The summed E-state index contributed by atoms with van der Waals surface area (Å²) in [5.74, 6) is -0.801. The standard InChI is InChI=1S/C9H14N4O3/c1-10-8(15)5-13(2)9(16)6-3-4-7(14)12-11-6/h3-5H2,1-2H3,(H,10,15)(H,12,14). The zero-order chi connectivity index (χ0) is 12.1. The molecule has 0 saturated heterocycles. The van der Waals surface area contributed by atoms with Gasteiger partial charge >= 0.3 is 0 Å². The lowest BCUT2D eigenvalue weighted by Crippen LogP contribution is -2.42. The highest BCUT2D eigenvalue weighted by molar-refractivity contribution is 6.39. The van der Waals surface area contributed by atoms with Crippen LogP contribution in [0, 0.1) is 0 Å². The lowest BCUT2D eigenvalue weighted by molar-refractivity contribution is -0.130. The average molecular weight is 226 g/mol. The second kappa shape index (κ2) is 5.24. The molecule has 0 aliphatic carbocycles. The topological polar surface area (TPSA) is 90.9 Å². The number of likely N-dealkylation sites (N-methyl/N-ethyl adjacent to an activating group) is 2. The molecule has 0 bridgehead atoms. The lowest BCUT2D eigenvalue weighted by Gasteiger charge is -2.18. The van der Waals surface area contributed by atoms with Crippen LogP contribution >= 0.6 is 0 Å². The molecule has 2 N–H and O–H groups in total. The molecule has 16 heavy (non-hydrogen) atoms. The summed E-state index contributed by atoms with van der Waals surface area (Å²) in [6.45, 7) is -0.0255. The Morgan fingerprint density at radius 1 is 1.50 bits per heavy atom. The van der Waals surface area contributed by atoms with Gasteiger partial charge in [-0.3, -0.25) is 14.4 Å². The van der Waals surface area contributed by atoms with Gasteiger partial charge in [0.15, 0.2) is 0 Å². The van der Waals surface area contributed by atoms with Crippen molar-refractivity contribution in [2.45, 2.75) is 12.8 Å². The van der Waals surface area contributed by atoms with Crippen molar-refractivity contribution < 1.29 is 14.4 Å². The van der Waals surface area contributed by atoms with E-state index in [0.717, 1.165) is 0 Å². The van der Waals surface area contributed by atoms with Crippen LogP contribution in [0.25, 0.3) is 0 Å². The highest BCUT2D eigenvalue weighted by Gasteiger charge is 2.22. The Bertz CT molecular complexity index is 351. The maximum Gasteiger partial charge on any atom is 0.270 e. The fraction of sp³-hybridized carbons (Fsp3) is 0.556. The van der Waals surface area contributed by atoms with Crippen molar-refractivity contribution in [3.8, 4) is 0 Å². The van der Waals surface area contributed by atoms with Crippen molar-refractivity contribution in [2.24, 2.45) is 5.10 Å². The minimum Gasteiger partial charge on any atom is -0.358 e. The molecule has 1 aliphatic rings. The van der Waals surface area contributed by atoms with E-state index >= 15 is 0 Å². The average Bonchev–Trinajstić information content (AvgIpc) is 2.28. The van der Waals surface area contributed by atoms with Crippen LogP contribution in [0.3, 0.4) is 0 Å². The van der Waals surface area contributed by atoms with Gasteiger partial charge in [0, 0.05) is 26.9 Å². The number of hydrogen-bond acceptors (Lipinski definition) is 4. The minimum atomic E-state index is -0.344. The summed E-state index contributed by atoms with van der Waals surface area (Å²) in [7, 11) is 3.01. The molecule has 88 valence electrons. The molecule has 0 radical (unpaired) electrons. The predicted molar refractivity (Wildman–Crippen MR) is 56.5 cm³/mol. The van der Waals surface area contributed by atoms with Gasteiger partial charge in [-0.2, -0.15) is 5.10 Å². The lowest BCUT2D eigenvalue weighted by atomic mass is 10.1.